The molecule has 2 aliphatic rings. The molecular weight excluding hydrogens is 276 g/mol. The first-order valence-electron chi connectivity index (χ1n) is 8.40. The molecule has 22 heavy (non-hydrogen) atoms. The Morgan fingerprint density at radius 1 is 1.18 bits per heavy atom. The third-order valence-corrected chi connectivity index (χ3v) is 4.90. The van der Waals surface area contributed by atoms with E-state index in [0.29, 0.717) is 6.04 Å². The summed E-state index contributed by atoms with van der Waals surface area (Å²) in [5.41, 5.74) is 2.07. The van der Waals surface area contributed by atoms with Crippen molar-refractivity contribution in [3.05, 3.63) is 35.4 Å². The van der Waals surface area contributed by atoms with Gasteiger partial charge in [0.25, 0.3) is 5.91 Å². The second-order valence-corrected chi connectivity index (χ2v) is 6.44. The highest BCUT2D eigenvalue weighted by atomic mass is 16.5. The molecule has 0 aromatic heterocycles. The van der Waals surface area contributed by atoms with Crippen molar-refractivity contribution in [1.29, 1.82) is 0 Å². The van der Waals surface area contributed by atoms with Gasteiger partial charge in [-0.1, -0.05) is 25.0 Å². The van der Waals surface area contributed by atoms with Crippen LogP contribution in [0.4, 0.5) is 0 Å². The van der Waals surface area contributed by atoms with Crippen molar-refractivity contribution in [2.24, 2.45) is 0 Å². The van der Waals surface area contributed by atoms with Gasteiger partial charge in [-0.3, -0.25) is 9.69 Å². The van der Waals surface area contributed by atoms with Crippen LogP contribution in [0.25, 0.3) is 0 Å². The lowest BCUT2D eigenvalue weighted by atomic mass is 10.1. The fourth-order valence-electron chi connectivity index (χ4n) is 3.43. The molecule has 3 rings (SSSR count). The maximum Gasteiger partial charge on any atom is 0.253 e. The molecule has 120 valence electrons. The molecule has 1 aromatic carbocycles. The highest BCUT2D eigenvalue weighted by Gasteiger charge is 2.24. The molecule has 2 fully saturated rings. The zero-order valence-corrected chi connectivity index (χ0v) is 13.5. The van der Waals surface area contributed by atoms with Gasteiger partial charge >= 0.3 is 0 Å². The Balaban J connectivity index is 1.59. The summed E-state index contributed by atoms with van der Waals surface area (Å²) in [5, 5.41) is 0. The molecule has 1 aliphatic heterocycles. The highest BCUT2D eigenvalue weighted by Crippen LogP contribution is 2.23. The van der Waals surface area contributed by atoms with E-state index in [0.717, 1.165) is 51.3 Å². The number of amides is 1. The SMILES string of the molecule is CN(C(=O)c1ccc(CN2CCOCC2)cc1)C1CCCC1. The molecule has 0 bridgehead atoms. The molecule has 1 saturated heterocycles. The number of nitrogens with zero attached hydrogens (tertiary/aromatic N) is 2. The summed E-state index contributed by atoms with van der Waals surface area (Å²) in [5.74, 6) is 0.157. The fourth-order valence-corrected chi connectivity index (χ4v) is 3.43. The van der Waals surface area contributed by atoms with Crippen LogP contribution in [0.1, 0.15) is 41.6 Å². The second-order valence-electron chi connectivity index (χ2n) is 6.44. The zero-order valence-electron chi connectivity index (χ0n) is 13.5. The highest BCUT2D eigenvalue weighted by molar-refractivity contribution is 5.94. The van der Waals surface area contributed by atoms with E-state index >= 15 is 0 Å². The van der Waals surface area contributed by atoms with Crippen molar-refractivity contribution < 1.29 is 9.53 Å². The quantitative estimate of drug-likeness (QED) is 0.857. The van der Waals surface area contributed by atoms with Gasteiger partial charge in [-0.2, -0.15) is 0 Å². The Labute approximate surface area is 133 Å². The molecule has 0 atom stereocenters. The predicted molar refractivity (Wildman–Crippen MR) is 86.9 cm³/mol. The van der Waals surface area contributed by atoms with Gasteiger partial charge in [0.1, 0.15) is 0 Å². The Bertz CT molecular complexity index is 488. The molecule has 1 saturated carbocycles. The number of ether oxygens (including phenoxy) is 1. The van der Waals surface area contributed by atoms with Crippen molar-refractivity contribution in [1.82, 2.24) is 9.80 Å². The standard InChI is InChI=1S/C18H26N2O2/c1-19(17-4-2-3-5-17)18(21)16-8-6-15(7-9-16)14-20-10-12-22-13-11-20/h6-9,17H,2-5,10-14H2,1H3. The van der Waals surface area contributed by atoms with Crippen LogP contribution in [0.3, 0.4) is 0 Å². The number of benzene rings is 1. The van der Waals surface area contributed by atoms with Gasteiger partial charge in [0.15, 0.2) is 0 Å². The van der Waals surface area contributed by atoms with Crippen LogP contribution < -0.4 is 0 Å². The summed E-state index contributed by atoms with van der Waals surface area (Å²) in [7, 11) is 1.94. The van der Waals surface area contributed by atoms with Crippen LogP contribution >= 0.6 is 0 Å². The summed E-state index contributed by atoms with van der Waals surface area (Å²) in [4.78, 5) is 16.9. The first-order chi connectivity index (χ1) is 10.7. The third-order valence-electron chi connectivity index (χ3n) is 4.90. The summed E-state index contributed by atoms with van der Waals surface area (Å²) >= 11 is 0. The maximum absolute atomic E-state index is 12.5. The van der Waals surface area contributed by atoms with Crippen LogP contribution in [0.2, 0.25) is 0 Å². The van der Waals surface area contributed by atoms with Crippen molar-refractivity contribution >= 4 is 5.91 Å². The Morgan fingerprint density at radius 2 is 1.82 bits per heavy atom. The second kappa shape index (κ2) is 7.25. The lowest BCUT2D eigenvalue weighted by Crippen LogP contribution is -2.36. The Hall–Kier alpha value is -1.39. The number of hydrogen-bond acceptors (Lipinski definition) is 3. The minimum atomic E-state index is 0.157. The molecule has 0 N–H and O–H groups in total. The lowest BCUT2D eigenvalue weighted by Gasteiger charge is -2.27. The first-order valence-corrected chi connectivity index (χ1v) is 8.40. The predicted octanol–water partition coefficient (Wildman–Crippen LogP) is 2.53. The number of carbonyl (C=O) groups is 1. The van der Waals surface area contributed by atoms with E-state index in [1.807, 2.05) is 24.1 Å². The van der Waals surface area contributed by atoms with Gasteiger partial charge in [0.05, 0.1) is 13.2 Å². The van der Waals surface area contributed by atoms with Gasteiger partial charge in [-0.15, -0.1) is 0 Å². The van der Waals surface area contributed by atoms with E-state index in [-0.39, 0.29) is 5.91 Å². The lowest BCUT2D eigenvalue weighted by molar-refractivity contribution is 0.0342. The average Bonchev–Trinajstić information content (AvgIpc) is 3.10. The minimum absolute atomic E-state index is 0.157. The molecule has 1 aliphatic carbocycles. The fraction of sp³-hybridized carbons (Fsp3) is 0.611. The van der Waals surface area contributed by atoms with E-state index in [9.17, 15) is 4.79 Å². The smallest absolute Gasteiger partial charge is 0.253 e. The van der Waals surface area contributed by atoms with Crippen molar-refractivity contribution in [2.45, 2.75) is 38.3 Å². The summed E-state index contributed by atoms with van der Waals surface area (Å²) in [6.45, 7) is 4.57. The maximum atomic E-state index is 12.5. The average molecular weight is 302 g/mol. The number of morpholine rings is 1. The summed E-state index contributed by atoms with van der Waals surface area (Å²) < 4.78 is 5.37. The molecule has 0 spiro atoms. The molecule has 0 radical (unpaired) electrons. The van der Waals surface area contributed by atoms with E-state index in [2.05, 4.69) is 17.0 Å². The topological polar surface area (TPSA) is 32.8 Å². The third kappa shape index (κ3) is 3.68. The molecule has 4 nitrogen and oxygen atoms in total. The largest absolute Gasteiger partial charge is 0.379 e. The number of hydrogen-bond donors (Lipinski definition) is 0. The Morgan fingerprint density at radius 3 is 2.45 bits per heavy atom. The van der Waals surface area contributed by atoms with Gasteiger partial charge in [-0.05, 0) is 30.5 Å². The van der Waals surface area contributed by atoms with Gasteiger partial charge in [0, 0.05) is 38.3 Å². The van der Waals surface area contributed by atoms with Gasteiger partial charge < -0.3 is 9.64 Å². The van der Waals surface area contributed by atoms with E-state index in [1.165, 1.54) is 18.4 Å². The minimum Gasteiger partial charge on any atom is -0.379 e. The van der Waals surface area contributed by atoms with Gasteiger partial charge in [-0.25, -0.2) is 0 Å². The molecule has 1 amide bonds. The first kappa shape index (κ1) is 15.5. The summed E-state index contributed by atoms with van der Waals surface area (Å²) in [6.07, 6.45) is 4.80. The van der Waals surface area contributed by atoms with E-state index < -0.39 is 0 Å². The monoisotopic (exact) mass is 302 g/mol. The van der Waals surface area contributed by atoms with Crippen molar-refractivity contribution in [3.63, 3.8) is 0 Å². The van der Waals surface area contributed by atoms with Crippen LogP contribution in [-0.4, -0.2) is 55.1 Å². The zero-order chi connectivity index (χ0) is 15.4. The van der Waals surface area contributed by atoms with Crippen molar-refractivity contribution in [2.75, 3.05) is 33.4 Å². The normalized spacial score (nSPS) is 20.2. The molecule has 4 heteroatoms. The van der Waals surface area contributed by atoms with Crippen LogP contribution in [-0.2, 0) is 11.3 Å². The number of rotatable bonds is 4. The van der Waals surface area contributed by atoms with Crippen LogP contribution in [0.15, 0.2) is 24.3 Å². The molecule has 1 aromatic rings. The van der Waals surface area contributed by atoms with E-state index in [4.69, 9.17) is 4.74 Å². The van der Waals surface area contributed by atoms with Gasteiger partial charge in [0.2, 0.25) is 0 Å². The van der Waals surface area contributed by atoms with E-state index in [1.54, 1.807) is 0 Å². The van der Waals surface area contributed by atoms with Crippen molar-refractivity contribution in [3.8, 4) is 0 Å². The molecular formula is C18H26N2O2. The van der Waals surface area contributed by atoms with Crippen LogP contribution in [0, 0.1) is 0 Å². The Kier molecular flexibility index (Phi) is 5.11. The molecule has 1 heterocycles. The molecule has 0 unspecified atom stereocenters. The van der Waals surface area contributed by atoms with Crippen LogP contribution in [0.5, 0.6) is 0 Å². The summed E-state index contributed by atoms with van der Waals surface area (Å²) in [6, 6.07) is 8.56. The number of carbonyl (C=O) groups excluding carboxylic acids is 1.